The molecule has 0 heterocycles. The van der Waals surface area contributed by atoms with E-state index in [-0.39, 0.29) is 37.3 Å². The van der Waals surface area contributed by atoms with Crippen LogP contribution in [0.1, 0.15) is 5.56 Å². The van der Waals surface area contributed by atoms with Crippen molar-refractivity contribution < 1.29 is 24.0 Å². The van der Waals surface area contributed by atoms with Gasteiger partial charge in [0.2, 0.25) is 5.91 Å². The smallest absolute Gasteiger partial charge is 0.269 e. The predicted octanol–water partition coefficient (Wildman–Crippen LogP) is 1.87. The molecule has 0 aliphatic heterocycles. The van der Waals surface area contributed by atoms with Crippen molar-refractivity contribution >= 4 is 23.2 Å². The molecular formula is C18H19N3O6. The van der Waals surface area contributed by atoms with E-state index in [1.165, 1.54) is 31.4 Å². The molecule has 0 aliphatic rings. The number of hydrogen-bond acceptors (Lipinski definition) is 6. The molecule has 0 unspecified atom stereocenters. The van der Waals surface area contributed by atoms with Gasteiger partial charge in [0, 0.05) is 31.5 Å². The van der Waals surface area contributed by atoms with E-state index < -0.39 is 4.92 Å². The number of carbonyl (C=O) groups is 2. The summed E-state index contributed by atoms with van der Waals surface area (Å²) in [5.41, 5.74) is 1.35. The van der Waals surface area contributed by atoms with E-state index in [1.807, 2.05) is 6.07 Å². The molecular weight excluding hydrogens is 354 g/mol. The van der Waals surface area contributed by atoms with Gasteiger partial charge in [0.25, 0.3) is 11.6 Å². The molecule has 0 saturated carbocycles. The van der Waals surface area contributed by atoms with Crippen LogP contribution >= 0.6 is 0 Å². The third kappa shape index (κ3) is 6.75. The fourth-order valence-corrected chi connectivity index (χ4v) is 2.15. The summed E-state index contributed by atoms with van der Waals surface area (Å²) in [6.07, 6.45) is 0. The molecule has 0 saturated heterocycles. The molecule has 0 atom stereocenters. The molecule has 2 aromatic carbocycles. The van der Waals surface area contributed by atoms with E-state index >= 15 is 0 Å². The van der Waals surface area contributed by atoms with Crippen LogP contribution in [0.15, 0.2) is 48.5 Å². The van der Waals surface area contributed by atoms with Gasteiger partial charge < -0.3 is 20.1 Å². The number of nitrogens with one attached hydrogen (secondary N) is 2. The molecule has 9 heteroatoms. The third-order valence-corrected chi connectivity index (χ3v) is 3.39. The molecule has 9 nitrogen and oxygen atoms in total. The Morgan fingerprint density at radius 3 is 2.48 bits per heavy atom. The Bertz CT molecular complexity index is 807. The first-order valence-corrected chi connectivity index (χ1v) is 7.99. The van der Waals surface area contributed by atoms with Crippen molar-refractivity contribution in [1.82, 2.24) is 5.32 Å². The molecule has 0 fully saturated rings. The van der Waals surface area contributed by atoms with E-state index in [4.69, 9.17) is 9.47 Å². The van der Waals surface area contributed by atoms with E-state index in [0.29, 0.717) is 11.4 Å². The summed E-state index contributed by atoms with van der Waals surface area (Å²) < 4.78 is 10.0. The lowest BCUT2D eigenvalue weighted by Crippen LogP contribution is -2.28. The second-order valence-corrected chi connectivity index (χ2v) is 5.50. The quantitative estimate of drug-likeness (QED) is 0.511. The van der Waals surface area contributed by atoms with Crippen molar-refractivity contribution in [2.45, 2.75) is 6.54 Å². The number of nitro groups is 1. The molecule has 27 heavy (non-hydrogen) atoms. The third-order valence-electron chi connectivity index (χ3n) is 3.39. The van der Waals surface area contributed by atoms with Crippen molar-refractivity contribution in [3.05, 3.63) is 64.2 Å². The molecule has 2 amide bonds. The monoisotopic (exact) mass is 373 g/mol. The number of amides is 2. The fraction of sp³-hybridized carbons (Fsp3) is 0.222. The largest absolute Gasteiger partial charge is 0.484 e. The lowest BCUT2D eigenvalue weighted by Gasteiger charge is -2.09. The van der Waals surface area contributed by atoms with E-state index in [1.54, 1.807) is 18.2 Å². The number of non-ortho nitro benzene ring substituents is 1. The van der Waals surface area contributed by atoms with Crippen LogP contribution in [0, 0.1) is 10.1 Å². The van der Waals surface area contributed by atoms with Gasteiger partial charge in [-0.05, 0) is 29.8 Å². The minimum absolute atomic E-state index is 0.0407. The highest BCUT2D eigenvalue weighted by atomic mass is 16.6. The van der Waals surface area contributed by atoms with Crippen LogP contribution in [-0.4, -0.2) is 37.1 Å². The van der Waals surface area contributed by atoms with Crippen LogP contribution in [0.3, 0.4) is 0 Å². The molecule has 2 rings (SSSR count). The maximum absolute atomic E-state index is 11.9. The first kappa shape index (κ1) is 19.9. The second-order valence-electron chi connectivity index (χ2n) is 5.50. The number of benzene rings is 2. The fourth-order valence-electron chi connectivity index (χ4n) is 2.15. The SMILES string of the molecule is COCC(=O)Nc1cccc(CNC(=O)COc2ccc([N+](=O)[O-])cc2)c1. The van der Waals surface area contributed by atoms with Crippen LogP contribution in [0.25, 0.3) is 0 Å². The van der Waals surface area contributed by atoms with Crippen LogP contribution in [-0.2, 0) is 20.9 Å². The van der Waals surface area contributed by atoms with Crippen LogP contribution in [0.4, 0.5) is 11.4 Å². The number of carbonyl (C=O) groups excluding carboxylic acids is 2. The average Bonchev–Trinajstić information content (AvgIpc) is 2.65. The standard InChI is InChI=1S/C18H19N3O6/c1-26-11-18(23)20-14-4-2-3-13(9-14)10-19-17(22)12-27-16-7-5-15(6-8-16)21(24)25/h2-9H,10-12H2,1H3,(H,19,22)(H,20,23). The first-order chi connectivity index (χ1) is 13.0. The number of methoxy groups -OCH3 is 1. The van der Waals surface area contributed by atoms with Gasteiger partial charge in [-0.3, -0.25) is 19.7 Å². The number of nitrogens with zero attached hydrogens (tertiary/aromatic N) is 1. The Kier molecular flexibility index (Phi) is 7.26. The normalized spacial score (nSPS) is 10.1. The Labute approximate surface area is 155 Å². The maximum Gasteiger partial charge on any atom is 0.269 e. The van der Waals surface area contributed by atoms with Crippen molar-refractivity contribution in [3.8, 4) is 5.75 Å². The number of anilines is 1. The Hall–Kier alpha value is -3.46. The lowest BCUT2D eigenvalue weighted by atomic mass is 10.2. The summed E-state index contributed by atoms with van der Waals surface area (Å²) in [6.45, 7) is -0.000530. The summed E-state index contributed by atoms with van der Waals surface area (Å²) >= 11 is 0. The summed E-state index contributed by atoms with van der Waals surface area (Å²) in [6, 6.07) is 12.5. The molecule has 0 spiro atoms. The van der Waals surface area contributed by atoms with Gasteiger partial charge in [0.15, 0.2) is 6.61 Å². The van der Waals surface area contributed by atoms with Crippen molar-refractivity contribution in [2.24, 2.45) is 0 Å². The number of rotatable bonds is 9. The van der Waals surface area contributed by atoms with Crippen LogP contribution in [0.5, 0.6) is 5.75 Å². The number of nitro benzene ring substituents is 1. The van der Waals surface area contributed by atoms with Gasteiger partial charge in [-0.25, -0.2) is 0 Å². The zero-order valence-corrected chi connectivity index (χ0v) is 14.6. The Morgan fingerprint density at radius 2 is 1.81 bits per heavy atom. The molecule has 2 aromatic rings. The molecule has 2 N–H and O–H groups in total. The van der Waals surface area contributed by atoms with Crippen LogP contribution < -0.4 is 15.4 Å². The van der Waals surface area contributed by atoms with Gasteiger partial charge in [-0.1, -0.05) is 12.1 Å². The van der Waals surface area contributed by atoms with Crippen LogP contribution in [0.2, 0.25) is 0 Å². The van der Waals surface area contributed by atoms with Gasteiger partial charge in [0.05, 0.1) is 4.92 Å². The second kappa shape index (κ2) is 9.88. The minimum atomic E-state index is -0.512. The van der Waals surface area contributed by atoms with E-state index in [2.05, 4.69) is 10.6 Å². The molecule has 142 valence electrons. The van der Waals surface area contributed by atoms with Gasteiger partial charge >= 0.3 is 0 Å². The summed E-state index contributed by atoms with van der Waals surface area (Å²) in [4.78, 5) is 33.5. The highest BCUT2D eigenvalue weighted by Gasteiger charge is 2.07. The molecule has 0 aliphatic carbocycles. The molecule has 0 aromatic heterocycles. The lowest BCUT2D eigenvalue weighted by molar-refractivity contribution is -0.384. The summed E-state index contributed by atoms with van der Waals surface area (Å²) in [5.74, 6) is -0.254. The van der Waals surface area contributed by atoms with Gasteiger partial charge in [0.1, 0.15) is 12.4 Å². The Balaban J connectivity index is 1.79. The Morgan fingerprint density at radius 1 is 1.07 bits per heavy atom. The topological polar surface area (TPSA) is 120 Å². The highest BCUT2D eigenvalue weighted by molar-refractivity contribution is 5.91. The maximum atomic E-state index is 11.9. The highest BCUT2D eigenvalue weighted by Crippen LogP contribution is 2.17. The molecule has 0 radical (unpaired) electrons. The zero-order chi connectivity index (χ0) is 19.6. The predicted molar refractivity (Wildman–Crippen MR) is 97.4 cm³/mol. The number of hydrogen-bond donors (Lipinski definition) is 2. The van der Waals surface area contributed by atoms with E-state index in [0.717, 1.165) is 5.56 Å². The van der Waals surface area contributed by atoms with Crippen molar-refractivity contribution in [1.29, 1.82) is 0 Å². The van der Waals surface area contributed by atoms with Gasteiger partial charge in [-0.2, -0.15) is 0 Å². The van der Waals surface area contributed by atoms with Crippen molar-refractivity contribution in [3.63, 3.8) is 0 Å². The number of ether oxygens (including phenoxy) is 2. The molecule has 0 bridgehead atoms. The van der Waals surface area contributed by atoms with Gasteiger partial charge in [-0.15, -0.1) is 0 Å². The zero-order valence-electron chi connectivity index (χ0n) is 14.6. The van der Waals surface area contributed by atoms with Crippen molar-refractivity contribution in [2.75, 3.05) is 25.6 Å². The summed E-state index contributed by atoms with van der Waals surface area (Å²) in [5, 5.41) is 16.0. The minimum Gasteiger partial charge on any atom is -0.484 e. The average molecular weight is 373 g/mol. The van der Waals surface area contributed by atoms with E-state index in [9.17, 15) is 19.7 Å². The first-order valence-electron chi connectivity index (χ1n) is 7.99. The summed E-state index contributed by atoms with van der Waals surface area (Å²) in [7, 11) is 1.43.